The van der Waals surface area contributed by atoms with Crippen LogP contribution in [0.4, 0.5) is 0 Å². The summed E-state index contributed by atoms with van der Waals surface area (Å²) in [5.74, 6) is -1.34. The Bertz CT molecular complexity index is 1490. The number of allylic oxidation sites excluding steroid dienone is 6. The number of sulfone groups is 2. The van der Waals surface area contributed by atoms with Crippen LogP contribution in [0, 0.1) is 0 Å². The van der Waals surface area contributed by atoms with Crippen molar-refractivity contribution in [2.75, 3.05) is 0 Å². The monoisotopic (exact) mass is 493 g/mol. The van der Waals surface area contributed by atoms with E-state index in [1.165, 1.54) is 54.6 Å². The molecule has 2 aromatic rings. The maximum Gasteiger partial charge on any atom is 0.211 e. The van der Waals surface area contributed by atoms with Gasteiger partial charge in [-0.05, 0) is 54.1 Å². The summed E-state index contributed by atoms with van der Waals surface area (Å²) in [5, 5.41) is 12.9. The minimum Gasteiger partial charge on any atom is -0.871 e. The summed E-state index contributed by atoms with van der Waals surface area (Å²) in [4.78, 5) is 11.3. The van der Waals surface area contributed by atoms with Crippen LogP contribution in [0.2, 0.25) is 10.0 Å². The van der Waals surface area contributed by atoms with Gasteiger partial charge in [0.15, 0.2) is 0 Å². The van der Waals surface area contributed by atoms with Crippen LogP contribution in [0.1, 0.15) is 15.9 Å². The number of benzene rings is 2. The first-order chi connectivity index (χ1) is 14.5. The SMILES string of the molecule is O=C1/C(=C/C=C/C=C/C2=C([O-])c3cc(Cl)ccc3S2(=O)=O)S(=O)(=O)c2cc(Cl)ccc21. The van der Waals surface area contributed by atoms with E-state index in [1.807, 2.05) is 0 Å². The molecular weight excluding hydrogens is 483 g/mol. The van der Waals surface area contributed by atoms with Crippen LogP contribution in [0.5, 0.6) is 0 Å². The average molecular weight is 494 g/mol. The fraction of sp³-hybridized carbons (Fsp3) is 0. The summed E-state index contributed by atoms with van der Waals surface area (Å²) in [6.07, 6.45) is 6.08. The Balaban J connectivity index is 1.62. The van der Waals surface area contributed by atoms with Crippen molar-refractivity contribution in [1.82, 2.24) is 0 Å². The number of fused-ring (bicyclic) bond motifs is 2. The first kappa shape index (κ1) is 21.6. The number of Topliss-reactive ketones (excluding diaryl/α,β-unsaturated/α-hetero) is 1. The zero-order valence-corrected chi connectivity index (χ0v) is 18.5. The van der Waals surface area contributed by atoms with Gasteiger partial charge in [-0.2, -0.15) is 0 Å². The highest BCUT2D eigenvalue weighted by Gasteiger charge is 2.38. The molecule has 0 unspecified atom stereocenters. The average Bonchev–Trinajstić information content (AvgIpc) is 3.00. The number of halogens is 2. The maximum atomic E-state index is 12.6. The second-order valence-electron chi connectivity index (χ2n) is 6.59. The van der Waals surface area contributed by atoms with Crippen molar-refractivity contribution in [1.29, 1.82) is 0 Å². The van der Waals surface area contributed by atoms with Crippen molar-refractivity contribution < 1.29 is 26.7 Å². The summed E-state index contributed by atoms with van der Waals surface area (Å²) in [7, 11) is -7.98. The molecule has 2 aliphatic rings. The Labute approximate surface area is 188 Å². The Kier molecular flexibility index (Phi) is 5.21. The molecule has 158 valence electrons. The van der Waals surface area contributed by atoms with Gasteiger partial charge < -0.3 is 5.11 Å². The summed E-state index contributed by atoms with van der Waals surface area (Å²) in [6, 6.07) is 7.93. The van der Waals surface area contributed by atoms with Gasteiger partial charge in [-0.3, -0.25) is 4.79 Å². The molecule has 2 aliphatic heterocycles. The first-order valence-corrected chi connectivity index (χ1v) is 12.4. The topological polar surface area (TPSA) is 108 Å². The Morgan fingerprint density at radius 3 is 2.19 bits per heavy atom. The molecule has 2 heterocycles. The third-order valence-corrected chi connectivity index (χ3v) is 8.82. The van der Waals surface area contributed by atoms with E-state index >= 15 is 0 Å². The lowest BCUT2D eigenvalue weighted by Crippen LogP contribution is -2.03. The molecule has 0 radical (unpaired) electrons. The fourth-order valence-electron chi connectivity index (χ4n) is 3.25. The Hall–Kier alpha value is -2.65. The Morgan fingerprint density at radius 2 is 1.45 bits per heavy atom. The van der Waals surface area contributed by atoms with Gasteiger partial charge in [0, 0.05) is 15.6 Å². The smallest absolute Gasteiger partial charge is 0.211 e. The third-order valence-electron chi connectivity index (χ3n) is 4.70. The van der Waals surface area contributed by atoms with Crippen LogP contribution in [0.25, 0.3) is 5.76 Å². The minimum absolute atomic E-state index is 0.00248. The molecule has 0 bridgehead atoms. The van der Waals surface area contributed by atoms with Gasteiger partial charge in [0.25, 0.3) is 0 Å². The Morgan fingerprint density at radius 1 is 0.774 bits per heavy atom. The predicted octanol–water partition coefficient (Wildman–Crippen LogP) is 3.48. The van der Waals surface area contributed by atoms with E-state index in [4.69, 9.17) is 23.2 Å². The number of rotatable bonds is 3. The lowest BCUT2D eigenvalue weighted by molar-refractivity contribution is -0.244. The third kappa shape index (κ3) is 3.45. The zero-order valence-electron chi connectivity index (χ0n) is 15.4. The molecular formula is C21H11Cl2O6S2-. The van der Waals surface area contributed by atoms with Crippen LogP contribution in [-0.4, -0.2) is 22.6 Å². The summed E-state index contributed by atoms with van der Waals surface area (Å²) in [5.41, 5.74) is 0.0338. The molecule has 0 aromatic heterocycles. The van der Waals surface area contributed by atoms with Gasteiger partial charge in [-0.15, -0.1) is 0 Å². The predicted molar refractivity (Wildman–Crippen MR) is 115 cm³/mol. The molecule has 10 heteroatoms. The van der Waals surface area contributed by atoms with E-state index < -0.39 is 41.0 Å². The van der Waals surface area contributed by atoms with Gasteiger partial charge in [0.1, 0.15) is 4.91 Å². The number of carbonyl (C=O) groups is 1. The molecule has 0 saturated carbocycles. The van der Waals surface area contributed by atoms with E-state index in [0.717, 1.165) is 12.2 Å². The lowest BCUT2D eigenvalue weighted by Gasteiger charge is -2.08. The number of hydrogen-bond donors (Lipinski definition) is 0. The molecule has 0 spiro atoms. The molecule has 0 atom stereocenters. The van der Waals surface area contributed by atoms with Crippen LogP contribution >= 0.6 is 23.2 Å². The van der Waals surface area contributed by atoms with E-state index in [9.17, 15) is 26.7 Å². The molecule has 4 rings (SSSR count). The maximum absolute atomic E-state index is 12.6. The molecule has 0 aliphatic carbocycles. The van der Waals surface area contributed by atoms with Crippen LogP contribution in [0.15, 0.2) is 86.4 Å². The van der Waals surface area contributed by atoms with E-state index in [2.05, 4.69) is 0 Å². The summed E-state index contributed by atoms with van der Waals surface area (Å²) < 4.78 is 50.2. The van der Waals surface area contributed by atoms with Crippen molar-refractivity contribution in [2.24, 2.45) is 0 Å². The molecule has 0 N–H and O–H groups in total. The van der Waals surface area contributed by atoms with Crippen molar-refractivity contribution >= 4 is 54.4 Å². The van der Waals surface area contributed by atoms with Crippen molar-refractivity contribution in [2.45, 2.75) is 9.79 Å². The second kappa shape index (κ2) is 7.49. The molecule has 0 fully saturated rings. The molecule has 2 aromatic carbocycles. The van der Waals surface area contributed by atoms with Crippen LogP contribution in [0.3, 0.4) is 0 Å². The molecule has 0 amide bonds. The van der Waals surface area contributed by atoms with Gasteiger partial charge in [0.2, 0.25) is 25.5 Å². The van der Waals surface area contributed by atoms with E-state index in [-0.39, 0.29) is 31.0 Å². The highest BCUT2D eigenvalue weighted by atomic mass is 35.5. The van der Waals surface area contributed by atoms with E-state index in [1.54, 1.807) is 0 Å². The van der Waals surface area contributed by atoms with Gasteiger partial charge in [-0.1, -0.05) is 47.2 Å². The fourth-order valence-corrected chi connectivity index (χ4v) is 6.77. The number of hydrogen-bond acceptors (Lipinski definition) is 6. The lowest BCUT2D eigenvalue weighted by atomic mass is 10.1. The molecule has 31 heavy (non-hydrogen) atoms. The van der Waals surface area contributed by atoms with Crippen molar-refractivity contribution in [3.63, 3.8) is 0 Å². The van der Waals surface area contributed by atoms with Gasteiger partial charge >= 0.3 is 0 Å². The normalized spacial score (nSPS) is 20.2. The molecule has 6 nitrogen and oxygen atoms in total. The largest absolute Gasteiger partial charge is 0.871 e. The summed E-state index contributed by atoms with van der Waals surface area (Å²) in [6.45, 7) is 0. The zero-order chi connectivity index (χ0) is 22.6. The summed E-state index contributed by atoms with van der Waals surface area (Å²) >= 11 is 11.7. The van der Waals surface area contributed by atoms with Gasteiger partial charge in [0.05, 0.1) is 14.7 Å². The number of carbonyl (C=O) groups excluding carboxylic acids is 1. The van der Waals surface area contributed by atoms with Gasteiger partial charge in [-0.25, -0.2) is 16.8 Å². The quantitative estimate of drug-likeness (QED) is 0.478. The van der Waals surface area contributed by atoms with Crippen LogP contribution < -0.4 is 5.11 Å². The second-order valence-corrected chi connectivity index (χ2v) is 11.2. The van der Waals surface area contributed by atoms with Crippen LogP contribution in [-0.2, 0) is 19.7 Å². The van der Waals surface area contributed by atoms with Crippen molar-refractivity contribution in [3.05, 3.63) is 97.8 Å². The van der Waals surface area contributed by atoms with E-state index in [0.29, 0.717) is 0 Å². The minimum atomic E-state index is -4.00. The number of ketones is 1. The standard InChI is InChI=1S/C21H12Cl2O6S2/c22-12-7-9-16-15(10-12)21(25)18(30(16,26)27)5-3-1-2-4-17-20(24)14-8-6-13(23)11-19(14)31(17,28)29/h1-11,25H/p-1/b2-1+,5-3+,17-4-. The molecule has 0 saturated heterocycles. The first-order valence-electron chi connectivity index (χ1n) is 8.66. The van der Waals surface area contributed by atoms with Crippen molar-refractivity contribution in [3.8, 4) is 0 Å². The highest BCUT2D eigenvalue weighted by Crippen LogP contribution is 2.38. The highest BCUT2D eigenvalue weighted by molar-refractivity contribution is 7.97.